The molecule has 33 heavy (non-hydrogen) atoms. The number of benzene rings is 1. The summed E-state index contributed by atoms with van der Waals surface area (Å²) in [5.74, 6) is -0.968. The van der Waals surface area contributed by atoms with Crippen molar-refractivity contribution in [1.29, 1.82) is 0 Å². The number of hydrogen-bond donors (Lipinski definition) is 0. The maximum Gasteiger partial charge on any atom is 0.338 e. The van der Waals surface area contributed by atoms with Crippen molar-refractivity contribution in [2.45, 2.75) is 30.7 Å². The van der Waals surface area contributed by atoms with Crippen molar-refractivity contribution >= 4 is 36.3 Å². The van der Waals surface area contributed by atoms with Gasteiger partial charge in [-0.2, -0.15) is 25.3 Å². The van der Waals surface area contributed by atoms with Crippen LogP contribution in [0, 0.1) is 0 Å². The number of rotatable bonds is 10. The predicted octanol–water partition coefficient (Wildman–Crippen LogP) is -0.751. The highest BCUT2D eigenvalue weighted by Gasteiger charge is 2.53. The van der Waals surface area contributed by atoms with Crippen LogP contribution >= 0.6 is 0 Å². The molecule has 0 spiro atoms. The van der Waals surface area contributed by atoms with Crippen molar-refractivity contribution in [1.82, 2.24) is 0 Å². The summed E-state index contributed by atoms with van der Waals surface area (Å²) in [5, 5.41) is 0. The monoisotopic (exact) mass is 532 g/mol. The first-order valence-electron chi connectivity index (χ1n) is 9.15. The lowest BCUT2D eigenvalue weighted by Gasteiger charge is -2.43. The van der Waals surface area contributed by atoms with Crippen molar-refractivity contribution in [2.24, 2.45) is 0 Å². The Balaban J connectivity index is 2.53. The van der Waals surface area contributed by atoms with Crippen molar-refractivity contribution < 1.29 is 56.8 Å². The molecule has 0 aliphatic carbocycles. The van der Waals surface area contributed by atoms with Crippen LogP contribution in [-0.2, 0) is 57.1 Å². The minimum Gasteiger partial charge on any atom is -0.453 e. The number of ether oxygens (including phenoxy) is 3. The first-order valence-corrected chi connectivity index (χ1v) is 14.6. The molecule has 1 fully saturated rings. The van der Waals surface area contributed by atoms with Gasteiger partial charge < -0.3 is 14.2 Å². The summed E-state index contributed by atoms with van der Waals surface area (Å²) in [5.41, 5.74) is 0.0538. The minimum absolute atomic E-state index is 0.0538. The summed E-state index contributed by atoms with van der Waals surface area (Å²) >= 11 is 0. The van der Waals surface area contributed by atoms with Crippen LogP contribution in [-0.4, -0.2) is 94.4 Å². The molecule has 0 bridgehead atoms. The second-order valence-corrected chi connectivity index (χ2v) is 11.9. The molecular weight excluding hydrogens is 508 g/mol. The Morgan fingerprint density at radius 3 is 1.88 bits per heavy atom. The molecule has 1 heterocycles. The van der Waals surface area contributed by atoms with Gasteiger partial charge in [0.1, 0.15) is 12.2 Å². The molecule has 16 heteroatoms. The van der Waals surface area contributed by atoms with E-state index in [2.05, 4.69) is 0 Å². The lowest BCUT2D eigenvalue weighted by molar-refractivity contribution is -0.281. The standard InChI is InChI=1S/C17H24O13S3/c1-25-17-15(30-33(4,23)24)14(28-16(18)11-8-6-5-7-9-11)13(29-32(3,21)22)12(27-17)10-26-31(2,19)20/h5-9,12-15,17H,10H2,1-4H3/t12-,13+,14+,15-,17+/m0/s1. The molecule has 5 atom stereocenters. The van der Waals surface area contributed by atoms with Gasteiger partial charge in [-0.3, -0.25) is 12.5 Å². The van der Waals surface area contributed by atoms with E-state index in [0.717, 1.165) is 13.4 Å². The van der Waals surface area contributed by atoms with E-state index in [0.29, 0.717) is 12.5 Å². The van der Waals surface area contributed by atoms with E-state index in [4.69, 9.17) is 26.8 Å². The Labute approximate surface area is 192 Å². The van der Waals surface area contributed by atoms with Gasteiger partial charge in [0.25, 0.3) is 30.4 Å². The summed E-state index contributed by atoms with van der Waals surface area (Å²) in [4.78, 5) is 12.7. The van der Waals surface area contributed by atoms with Crippen LogP contribution in [0.25, 0.3) is 0 Å². The fraction of sp³-hybridized carbons (Fsp3) is 0.588. The van der Waals surface area contributed by atoms with Gasteiger partial charge in [0.2, 0.25) is 0 Å². The van der Waals surface area contributed by atoms with Gasteiger partial charge in [-0.05, 0) is 12.1 Å². The van der Waals surface area contributed by atoms with Crippen molar-refractivity contribution in [2.75, 3.05) is 32.5 Å². The second-order valence-electron chi connectivity index (χ2n) is 7.03. The zero-order valence-corrected chi connectivity index (χ0v) is 20.5. The van der Waals surface area contributed by atoms with Gasteiger partial charge in [-0.1, -0.05) is 18.2 Å². The largest absolute Gasteiger partial charge is 0.453 e. The molecule has 0 aromatic heterocycles. The molecule has 1 saturated heterocycles. The second kappa shape index (κ2) is 10.7. The number of carbonyl (C=O) groups is 1. The molecule has 13 nitrogen and oxygen atoms in total. The predicted molar refractivity (Wildman–Crippen MR) is 112 cm³/mol. The zero-order chi connectivity index (χ0) is 25.0. The molecule has 2 rings (SSSR count). The van der Waals surface area contributed by atoms with Gasteiger partial charge in [0.05, 0.1) is 30.9 Å². The highest BCUT2D eigenvalue weighted by atomic mass is 32.2. The average molecular weight is 533 g/mol. The summed E-state index contributed by atoms with van der Waals surface area (Å²) in [7, 11) is -11.3. The highest BCUT2D eigenvalue weighted by molar-refractivity contribution is 7.86. The first-order chi connectivity index (χ1) is 15.1. The Morgan fingerprint density at radius 2 is 1.39 bits per heavy atom. The maximum atomic E-state index is 12.7. The summed E-state index contributed by atoms with van der Waals surface area (Å²) in [6.45, 7) is -0.760. The summed E-state index contributed by atoms with van der Waals surface area (Å²) in [6, 6.07) is 7.51. The summed E-state index contributed by atoms with van der Waals surface area (Å²) in [6.07, 6.45) is -6.10. The lowest BCUT2D eigenvalue weighted by Crippen LogP contribution is -2.62. The number of hydrogen-bond acceptors (Lipinski definition) is 13. The third kappa shape index (κ3) is 8.90. The van der Waals surface area contributed by atoms with Crippen LogP contribution in [0.15, 0.2) is 30.3 Å². The van der Waals surface area contributed by atoms with Gasteiger partial charge in [0.15, 0.2) is 18.5 Å². The van der Waals surface area contributed by atoms with Gasteiger partial charge in [-0.25, -0.2) is 4.79 Å². The van der Waals surface area contributed by atoms with Gasteiger partial charge in [0, 0.05) is 7.11 Å². The van der Waals surface area contributed by atoms with E-state index in [1.807, 2.05) is 0 Å². The van der Waals surface area contributed by atoms with Crippen LogP contribution < -0.4 is 0 Å². The van der Waals surface area contributed by atoms with Crippen molar-refractivity contribution in [3.05, 3.63) is 35.9 Å². The van der Waals surface area contributed by atoms with Crippen LogP contribution in [0.2, 0.25) is 0 Å². The molecule has 0 amide bonds. The normalized spacial score (nSPS) is 26.6. The number of esters is 1. The Kier molecular flexibility index (Phi) is 8.97. The van der Waals surface area contributed by atoms with Crippen LogP contribution in [0.3, 0.4) is 0 Å². The molecule has 1 aromatic rings. The molecule has 0 radical (unpaired) electrons. The average Bonchev–Trinajstić information content (AvgIpc) is 2.67. The fourth-order valence-electron chi connectivity index (χ4n) is 2.92. The maximum absolute atomic E-state index is 12.7. The molecule has 1 aliphatic rings. The molecule has 1 aromatic carbocycles. The molecule has 0 unspecified atom stereocenters. The van der Waals surface area contributed by atoms with E-state index in [1.54, 1.807) is 6.07 Å². The van der Waals surface area contributed by atoms with Gasteiger partial charge >= 0.3 is 5.97 Å². The van der Waals surface area contributed by atoms with Crippen LogP contribution in [0.5, 0.6) is 0 Å². The highest BCUT2D eigenvalue weighted by Crippen LogP contribution is 2.31. The third-order valence-corrected chi connectivity index (χ3v) is 5.80. The molecule has 1 aliphatic heterocycles. The van der Waals surface area contributed by atoms with Crippen LogP contribution in [0.1, 0.15) is 10.4 Å². The Morgan fingerprint density at radius 1 is 0.848 bits per heavy atom. The third-order valence-electron chi connectivity index (χ3n) is 4.09. The van der Waals surface area contributed by atoms with Crippen molar-refractivity contribution in [3.63, 3.8) is 0 Å². The fourth-order valence-corrected chi connectivity index (χ4v) is 4.54. The quantitative estimate of drug-likeness (QED) is 0.272. The van der Waals surface area contributed by atoms with E-state index < -0.39 is 73.6 Å². The number of methoxy groups -OCH3 is 1. The molecule has 188 valence electrons. The lowest BCUT2D eigenvalue weighted by atomic mass is 9.99. The van der Waals surface area contributed by atoms with Gasteiger partial charge in [-0.15, -0.1) is 0 Å². The minimum atomic E-state index is -4.26. The van der Waals surface area contributed by atoms with E-state index >= 15 is 0 Å². The molecule has 0 saturated carbocycles. The zero-order valence-electron chi connectivity index (χ0n) is 18.0. The number of carbonyl (C=O) groups excluding carboxylic acids is 1. The molecule has 0 N–H and O–H groups in total. The van der Waals surface area contributed by atoms with Crippen LogP contribution in [0.4, 0.5) is 0 Å². The Bertz CT molecular complexity index is 1130. The van der Waals surface area contributed by atoms with E-state index in [-0.39, 0.29) is 5.56 Å². The topological polar surface area (TPSA) is 175 Å². The summed E-state index contributed by atoms with van der Waals surface area (Å²) < 4.78 is 101. The Hall–Kier alpha value is -1.66. The van der Waals surface area contributed by atoms with Crippen molar-refractivity contribution in [3.8, 4) is 0 Å². The van der Waals surface area contributed by atoms with E-state index in [1.165, 1.54) is 24.3 Å². The smallest absolute Gasteiger partial charge is 0.338 e. The first kappa shape index (κ1) is 27.6. The molecular formula is C17H24O13S3. The SMILES string of the molecule is CO[C@@H]1O[C@@H](COS(C)(=O)=O)[C@@H](OS(C)(=O)=O)[C@@H](OC(=O)c2ccccc2)[C@@H]1OS(C)(=O)=O. The van der Waals surface area contributed by atoms with E-state index in [9.17, 15) is 30.0 Å².